The molecule has 300 valence electrons. The molecule has 0 spiro atoms. The highest BCUT2D eigenvalue weighted by atomic mass is 19.1. The second kappa shape index (κ2) is 19.8. The van der Waals surface area contributed by atoms with Crippen LogP contribution in [0.5, 0.6) is 17.2 Å². The van der Waals surface area contributed by atoms with Gasteiger partial charge in [-0.1, -0.05) is 56.3 Å². The largest absolute Gasteiger partial charge is 0.492 e. The lowest BCUT2D eigenvalue weighted by Crippen LogP contribution is -2.05. The van der Waals surface area contributed by atoms with E-state index in [-0.39, 0.29) is 17.5 Å². The minimum absolute atomic E-state index is 0.316. The van der Waals surface area contributed by atoms with Crippen LogP contribution in [0.2, 0.25) is 0 Å². The molecular weight excluding hydrogens is 754 g/mol. The molecule has 0 radical (unpaired) electrons. The molecule has 0 unspecified atom stereocenters. The van der Waals surface area contributed by atoms with E-state index in [1.807, 2.05) is 0 Å². The lowest BCUT2D eigenvalue weighted by Gasteiger charge is -2.17. The summed E-state index contributed by atoms with van der Waals surface area (Å²) in [4.78, 5) is 0. The van der Waals surface area contributed by atoms with Crippen LogP contribution in [-0.4, -0.2) is 19.8 Å². The Labute approximate surface area is 351 Å². The Hall–Kier alpha value is -6.81. The highest BCUT2D eigenvalue weighted by Crippen LogP contribution is 2.36. The van der Waals surface area contributed by atoms with Crippen LogP contribution >= 0.6 is 0 Å². The summed E-state index contributed by atoms with van der Waals surface area (Å²) < 4.78 is 60.3. The van der Waals surface area contributed by atoms with Crippen LogP contribution in [0.4, 0.5) is 13.2 Å². The molecule has 0 saturated heterocycles. The van der Waals surface area contributed by atoms with E-state index in [0.717, 1.165) is 69.3 Å². The third-order valence-electron chi connectivity index (χ3n) is 9.99. The van der Waals surface area contributed by atoms with Gasteiger partial charge in [-0.2, -0.15) is 0 Å². The average molecular weight is 799 g/mol. The average Bonchev–Trinajstić information content (AvgIpc) is 3.31. The summed E-state index contributed by atoms with van der Waals surface area (Å²) in [6.45, 7) is 7.76. The summed E-state index contributed by atoms with van der Waals surface area (Å²) in [6.07, 6.45) is 4.22. The normalized spacial score (nSPS) is 11.3. The molecule has 0 heterocycles. The number of benzene rings is 6. The monoisotopic (exact) mass is 798 g/mol. The van der Waals surface area contributed by atoms with E-state index in [1.165, 1.54) is 36.4 Å². The standard InChI is InChI=1S/C54H45F3O3/c1-4-25-58-52-34-46-31-44-29-41(17-8-38-12-21-50(56)22-13-38)54(60-27-6-3)36-48(44)33-45-30-42(18-9-39-14-23-51(57)24-15-39)53(59-26-5-2)35-47(45)32-43(46)28-40(52)16-7-37-10-19-49(55)20-11-37/h10-15,19-24,28-30,34-36H,4-6,25-27,31-33H2,1-3H3. The SMILES string of the molecule is CCCOc1cc2c(cc1C#Cc1ccc(F)cc1)Cc1cc(OCCC)c(C#Cc3ccc(F)cc3)cc1Cc1cc(OCCC)c(C#Cc3ccc(F)cc3)cc1C2. The molecule has 0 aliphatic heterocycles. The van der Waals surface area contributed by atoms with Crippen molar-refractivity contribution in [2.24, 2.45) is 0 Å². The topological polar surface area (TPSA) is 27.7 Å². The molecule has 60 heavy (non-hydrogen) atoms. The molecule has 6 aromatic carbocycles. The number of halogens is 3. The molecule has 6 aromatic rings. The molecule has 0 fully saturated rings. The van der Waals surface area contributed by atoms with Gasteiger partial charge in [-0.3, -0.25) is 0 Å². The first-order valence-corrected chi connectivity index (χ1v) is 20.5. The fourth-order valence-corrected chi connectivity index (χ4v) is 6.91. The van der Waals surface area contributed by atoms with Gasteiger partial charge >= 0.3 is 0 Å². The van der Waals surface area contributed by atoms with Crippen molar-refractivity contribution in [2.75, 3.05) is 19.8 Å². The molecule has 0 atom stereocenters. The van der Waals surface area contributed by atoms with Crippen molar-refractivity contribution >= 4 is 0 Å². The van der Waals surface area contributed by atoms with E-state index in [2.05, 4.69) is 92.7 Å². The smallest absolute Gasteiger partial charge is 0.135 e. The molecule has 6 heteroatoms. The predicted octanol–water partition coefficient (Wildman–Crippen LogP) is 11.8. The van der Waals surface area contributed by atoms with Crippen molar-refractivity contribution in [3.8, 4) is 52.8 Å². The van der Waals surface area contributed by atoms with Crippen LogP contribution in [0.3, 0.4) is 0 Å². The zero-order valence-electron chi connectivity index (χ0n) is 34.1. The Balaban J connectivity index is 1.43. The first-order valence-electron chi connectivity index (χ1n) is 20.5. The van der Waals surface area contributed by atoms with E-state index in [4.69, 9.17) is 14.2 Å². The summed E-state index contributed by atoms with van der Waals surface area (Å²) in [7, 11) is 0. The number of hydrogen-bond acceptors (Lipinski definition) is 3. The molecule has 0 amide bonds. The zero-order chi connectivity index (χ0) is 41.8. The summed E-state index contributed by atoms with van der Waals surface area (Å²) in [5, 5.41) is 0. The Morgan fingerprint density at radius 1 is 0.367 bits per heavy atom. The fourth-order valence-electron chi connectivity index (χ4n) is 6.91. The molecular formula is C54H45F3O3. The van der Waals surface area contributed by atoms with Gasteiger partial charge in [0.25, 0.3) is 0 Å². The third-order valence-corrected chi connectivity index (χ3v) is 9.99. The van der Waals surface area contributed by atoms with Gasteiger partial charge < -0.3 is 14.2 Å². The number of rotatable bonds is 9. The maximum atomic E-state index is 13.7. The van der Waals surface area contributed by atoms with E-state index >= 15 is 0 Å². The van der Waals surface area contributed by atoms with Gasteiger partial charge in [0.15, 0.2) is 0 Å². The molecule has 0 aromatic heterocycles. The Morgan fingerprint density at radius 2 is 0.617 bits per heavy atom. The lowest BCUT2D eigenvalue weighted by molar-refractivity contribution is 0.316. The van der Waals surface area contributed by atoms with Gasteiger partial charge in [0.2, 0.25) is 0 Å². The minimum atomic E-state index is -0.316. The van der Waals surface area contributed by atoms with Crippen molar-refractivity contribution in [1.29, 1.82) is 0 Å². The van der Waals surface area contributed by atoms with Gasteiger partial charge in [0.1, 0.15) is 34.7 Å². The second-order valence-electron chi connectivity index (χ2n) is 14.7. The molecule has 7 rings (SSSR count). The van der Waals surface area contributed by atoms with E-state index in [1.54, 1.807) is 36.4 Å². The minimum Gasteiger partial charge on any atom is -0.492 e. The van der Waals surface area contributed by atoms with Crippen LogP contribution in [0, 0.1) is 53.0 Å². The summed E-state index contributed by atoms with van der Waals surface area (Å²) in [6, 6.07) is 31.1. The summed E-state index contributed by atoms with van der Waals surface area (Å²) in [5.41, 5.74) is 10.8. The van der Waals surface area contributed by atoms with Crippen LogP contribution < -0.4 is 14.2 Å². The Morgan fingerprint density at radius 3 is 0.867 bits per heavy atom. The van der Waals surface area contributed by atoms with Crippen molar-refractivity contribution in [3.05, 3.63) is 193 Å². The Bertz CT molecular complexity index is 2370. The Kier molecular flexibility index (Phi) is 13.6. The van der Waals surface area contributed by atoms with Gasteiger partial charge in [0.05, 0.1) is 36.5 Å². The molecule has 3 nitrogen and oxygen atoms in total. The maximum absolute atomic E-state index is 13.7. The second-order valence-corrected chi connectivity index (χ2v) is 14.7. The maximum Gasteiger partial charge on any atom is 0.135 e. The highest BCUT2D eigenvalue weighted by molar-refractivity contribution is 5.61. The summed E-state index contributed by atoms with van der Waals surface area (Å²) in [5.74, 6) is 20.8. The van der Waals surface area contributed by atoms with E-state index in [0.29, 0.717) is 73.0 Å². The van der Waals surface area contributed by atoms with Crippen molar-refractivity contribution in [2.45, 2.75) is 59.3 Å². The third kappa shape index (κ3) is 10.6. The molecule has 0 N–H and O–H groups in total. The zero-order valence-corrected chi connectivity index (χ0v) is 34.1. The van der Waals surface area contributed by atoms with E-state index < -0.39 is 0 Å². The van der Waals surface area contributed by atoms with Crippen LogP contribution in [0.25, 0.3) is 0 Å². The quantitative estimate of drug-likeness (QED) is 0.136. The van der Waals surface area contributed by atoms with E-state index in [9.17, 15) is 13.2 Å². The number of fused-ring (bicyclic) bond motifs is 3. The molecule has 0 saturated carbocycles. The van der Waals surface area contributed by atoms with Gasteiger partial charge in [-0.25, -0.2) is 13.2 Å². The van der Waals surface area contributed by atoms with Gasteiger partial charge in [0, 0.05) is 16.7 Å². The lowest BCUT2D eigenvalue weighted by atomic mass is 9.92. The van der Waals surface area contributed by atoms with Crippen molar-refractivity contribution in [1.82, 2.24) is 0 Å². The number of hydrogen-bond donors (Lipinski definition) is 0. The van der Waals surface area contributed by atoms with Gasteiger partial charge in [-0.05, 0) is 181 Å². The first-order chi connectivity index (χ1) is 29.3. The predicted molar refractivity (Wildman–Crippen MR) is 232 cm³/mol. The molecule has 0 bridgehead atoms. The molecule has 1 aliphatic rings. The van der Waals surface area contributed by atoms with Crippen LogP contribution in [0.1, 0.15) is 107 Å². The van der Waals surface area contributed by atoms with Crippen molar-refractivity contribution in [3.63, 3.8) is 0 Å². The number of ether oxygens (including phenoxy) is 3. The first kappa shape index (κ1) is 41.4. The van der Waals surface area contributed by atoms with Crippen LogP contribution in [0.15, 0.2) is 109 Å². The highest BCUT2D eigenvalue weighted by Gasteiger charge is 2.21. The fraction of sp³-hybridized carbons (Fsp3) is 0.222. The van der Waals surface area contributed by atoms with Crippen molar-refractivity contribution < 1.29 is 27.4 Å². The molecule has 1 aliphatic carbocycles. The van der Waals surface area contributed by atoms with Gasteiger partial charge in [-0.15, -0.1) is 0 Å². The van der Waals surface area contributed by atoms with Crippen LogP contribution in [-0.2, 0) is 19.3 Å². The summed E-state index contributed by atoms with van der Waals surface area (Å²) >= 11 is 0.